The second kappa shape index (κ2) is 4.13. The number of rotatable bonds is 2. The van der Waals surface area contributed by atoms with Crippen LogP contribution in [0.3, 0.4) is 0 Å². The maximum absolute atomic E-state index is 4.57. The summed E-state index contributed by atoms with van der Waals surface area (Å²) < 4.78 is 0. The van der Waals surface area contributed by atoms with E-state index in [0.717, 1.165) is 11.3 Å². The second-order valence-corrected chi connectivity index (χ2v) is 1.83. The molecule has 2 heteroatoms. The molecule has 0 aromatic carbocycles. The third kappa shape index (κ3) is 2.90. The maximum atomic E-state index is 4.57. The van der Waals surface area contributed by atoms with Crippen LogP contribution < -0.4 is 0 Å². The van der Waals surface area contributed by atoms with Crippen LogP contribution in [0.15, 0.2) is 16.8 Å². The van der Waals surface area contributed by atoms with Gasteiger partial charge in [0, 0.05) is 0 Å². The van der Waals surface area contributed by atoms with E-state index >= 15 is 0 Å². The Morgan fingerprint density at radius 1 is 1.44 bits per heavy atom. The van der Waals surface area contributed by atoms with E-state index in [1.54, 1.807) is 7.11 Å². The Hall–Kier alpha value is -0.790. The van der Waals surface area contributed by atoms with Crippen molar-refractivity contribution in [3.8, 4) is 0 Å². The molecule has 0 unspecified atom stereocenters. The summed E-state index contributed by atoms with van der Waals surface area (Å²) in [5.41, 5.74) is 2.08. The number of oxime groups is 1. The highest BCUT2D eigenvalue weighted by molar-refractivity contribution is 5.97. The Bertz CT molecular complexity index is 136. The molecular formula is C7H13NO. The van der Waals surface area contributed by atoms with E-state index in [2.05, 4.69) is 9.99 Å². The molecule has 9 heavy (non-hydrogen) atoms. The highest BCUT2D eigenvalue weighted by Gasteiger charge is 1.90. The van der Waals surface area contributed by atoms with Crippen LogP contribution >= 0.6 is 0 Å². The van der Waals surface area contributed by atoms with Crippen molar-refractivity contribution in [2.45, 2.75) is 20.8 Å². The van der Waals surface area contributed by atoms with E-state index in [9.17, 15) is 0 Å². The fourth-order valence-electron chi connectivity index (χ4n) is 0.418. The van der Waals surface area contributed by atoms with Crippen molar-refractivity contribution in [3.63, 3.8) is 0 Å². The zero-order valence-corrected chi connectivity index (χ0v) is 6.43. The van der Waals surface area contributed by atoms with E-state index in [1.807, 2.05) is 26.8 Å². The quantitative estimate of drug-likeness (QED) is 0.410. The molecule has 0 aliphatic carbocycles. The summed E-state index contributed by atoms with van der Waals surface area (Å²) in [5.74, 6) is 0. The van der Waals surface area contributed by atoms with Gasteiger partial charge in [0.15, 0.2) is 0 Å². The molecule has 0 radical (unpaired) electrons. The Morgan fingerprint density at radius 3 is 2.33 bits per heavy atom. The summed E-state index contributed by atoms with van der Waals surface area (Å²) in [7, 11) is 1.55. The summed E-state index contributed by atoms with van der Waals surface area (Å²) in [5, 5.41) is 3.74. The standard InChI is InChI=1S/C7H13NO/c1-5-6(2)7(3)8-9-4/h5H,1-4H3/b6-5+,8-7+. The lowest BCUT2D eigenvalue weighted by atomic mass is 10.2. The predicted octanol–water partition coefficient (Wildman–Crippen LogP) is 1.97. The van der Waals surface area contributed by atoms with Crippen molar-refractivity contribution in [2.75, 3.05) is 7.11 Å². The molecule has 0 rings (SSSR count). The SMILES string of the molecule is C/C=C(C)/C(C)=N/OC. The average Bonchev–Trinajstić information content (AvgIpc) is 1.87. The van der Waals surface area contributed by atoms with Crippen LogP contribution in [0, 0.1) is 0 Å². The van der Waals surface area contributed by atoms with Gasteiger partial charge in [-0.2, -0.15) is 0 Å². The summed E-state index contributed by atoms with van der Waals surface area (Å²) in [4.78, 5) is 4.57. The maximum Gasteiger partial charge on any atom is 0.106 e. The predicted molar refractivity (Wildman–Crippen MR) is 39.5 cm³/mol. The molecule has 0 saturated carbocycles. The zero-order chi connectivity index (χ0) is 7.28. The lowest BCUT2D eigenvalue weighted by Crippen LogP contribution is -1.92. The van der Waals surface area contributed by atoms with Gasteiger partial charge in [-0.25, -0.2) is 0 Å². The first-order valence-electron chi connectivity index (χ1n) is 2.93. The van der Waals surface area contributed by atoms with E-state index in [1.165, 1.54) is 0 Å². The van der Waals surface area contributed by atoms with Crippen molar-refractivity contribution in [1.29, 1.82) is 0 Å². The minimum Gasteiger partial charge on any atom is -0.399 e. The molecule has 0 saturated heterocycles. The van der Waals surface area contributed by atoms with Gasteiger partial charge in [0.2, 0.25) is 0 Å². The van der Waals surface area contributed by atoms with Crippen LogP contribution in [0.4, 0.5) is 0 Å². The second-order valence-electron chi connectivity index (χ2n) is 1.83. The van der Waals surface area contributed by atoms with Gasteiger partial charge < -0.3 is 4.84 Å². The number of nitrogens with zero attached hydrogens (tertiary/aromatic N) is 1. The van der Waals surface area contributed by atoms with Gasteiger partial charge in [-0.05, 0) is 26.3 Å². The fourth-order valence-corrected chi connectivity index (χ4v) is 0.418. The smallest absolute Gasteiger partial charge is 0.106 e. The van der Waals surface area contributed by atoms with Crippen LogP contribution in [0.1, 0.15) is 20.8 Å². The Labute approximate surface area is 56.2 Å². The van der Waals surface area contributed by atoms with Crippen molar-refractivity contribution in [3.05, 3.63) is 11.6 Å². The third-order valence-corrected chi connectivity index (χ3v) is 1.23. The van der Waals surface area contributed by atoms with E-state index in [-0.39, 0.29) is 0 Å². The lowest BCUT2D eigenvalue weighted by molar-refractivity contribution is 0.213. The largest absolute Gasteiger partial charge is 0.399 e. The van der Waals surface area contributed by atoms with Crippen LogP contribution in [-0.2, 0) is 4.84 Å². The molecule has 0 aliphatic rings. The van der Waals surface area contributed by atoms with Gasteiger partial charge in [0.1, 0.15) is 7.11 Å². The molecule has 0 heterocycles. The molecule has 0 fully saturated rings. The third-order valence-electron chi connectivity index (χ3n) is 1.23. The molecule has 0 bridgehead atoms. The number of allylic oxidation sites excluding steroid dienone is 2. The number of hydrogen-bond donors (Lipinski definition) is 0. The molecule has 0 amide bonds. The topological polar surface area (TPSA) is 21.6 Å². The van der Waals surface area contributed by atoms with E-state index in [0.29, 0.717) is 0 Å². The highest BCUT2D eigenvalue weighted by atomic mass is 16.6. The zero-order valence-electron chi connectivity index (χ0n) is 6.43. The van der Waals surface area contributed by atoms with Crippen LogP contribution in [-0.4, -0.2) is 12.8 Å². The molecule has 0 spiro atoms. The summed E-state index contributed by atoms with van der Waals surface area (Å²) >= 11 is 0. The van der Waals surface area contributed by atoms with Crippen LogP contribution in [0.5, 0.6) is 0 Å². The highest BCUT2D eigenvalue weighted by Crippen LogP contribution is 1.95. The van der Waals surface area contributed by atoms with Crippen molar-refractivity contribution in [1.82, 2.24) is 0 Å². The first-order chi connectivity index (χ1) is 4.22. The van der Waals surface area contributed by atoms with Crippen LogP contribution in [0.25, 0.3) is 0 Å². The van der Waals surface area contributed by atoms with Gasteiger partial charge in [0.05, 0.1) is 5.71 Å². The lowest BCUT2D eigenvalue weighted by Gasteiger charge is -1.95. The molecule has 0 aromatic rings. The summed E-state index contributed by atoms with van der Waals surface area (Å²) in [6, 6.07) is 0. The monoisotopic (exact) mass is 127 g/mol. The summed E-state index contributed by atoms with van der Waals surface area (Å²) in [6.45, 7) is 5.89. The molecule has 0 N–H and O–H groups in total. The first kappa shape index (κ1) is 8.21. The Morgan fingerprint density at radius 2 is 2.00 bits per heavy atom. The number of hydrogen-bond acceptors (Lipinski definition) is 2. The molecule has 0 atom stereocenters. The minimum absolute atomic E-state index is 0.931. The fraction of sp³-hybridized carbons (Fsp3) is 0.571. The molecule has 52 valence electrons. The molecule has 2 nitrogen and oxygen atoms in total. The van der Waals surface area contributed by atoms with Crippen molar-refractivity contribution in [2.24, 2.45) is 5.16 Å². The van der Waals surface area contributed by atoms with Gasteiger partial charge in [-0.3, -0.25) is 0 Å². The van der Waals surface area contributed by atoms with E-state index in [4.69, 9.17) is 0 Å². The van der Waals surface area contributed by atoms with Gasteiger partial charge >= 0.3 is 0 Å². The Kier molecular flexibility index (Phi) is 3.76. The molecular weight excluding hydrogens is 114 g/mol. The van der Waals surface area contributed by atoms with Gasteiger partial charge in [0.25, 0.3) is 0 Å². The van der Waals surface area contributed by atoms with Gasteiger partial charge in [-0.1, -0.05) is 11.2 Å². The van der Waals surface area contributed by atoms with Crippen LogP contribution in [0.2, 0.25) is 0 Å². The Balaban J connectivity index is 4.03. The van der Waals surface area contributed by atoms with Gasteiger partial charge in [-0.15, -0.1) is 0 Å². The first-order valence-corrected chi connectivity index (χ1v) is 2.93. The van der Waals surface area contributed by atoms with Crippen molar-refractivity contribution < 1.29 is 4.84 Å². The minimum atomic E-state index is 0.931. The summed E-state index contributed by atoms with van der Waals surface area (Å²) in [6.07, 6.45) is 2.00. The average molecular weight is 127 g/mol. The van der Waals surface area contributed by atoms with Crippen molar-refractivity contribution >= 4 is 5.71 Å². The molecule has 0 aromatic heterocycles. The van der Waals surface area contributed by atoms with E-state index < -0.39 is 0 Å². The molecule has 0 aliphatic heterocycles. The normalized spacial score (nSPS) is 13.8.